The number of carbonyl (C=O) groups excluding carboxylic acids is 1. The van der Waals surface area contributed by atoms with Gasteiger partial charge in [-0.3, -0.25) is 13.8 Å². The van der Waals surface area contributed by atoms with Gasteiger partial charge in [-0.1, -0.05) is 245 Å². The van der Waals surface area contributed by atoms with Gasteiger partial charge in [0.1, 0.15) is 0 Å². The lowest BCUT2D eigenvalue weighted by molar-refractivity contribution is -0.123. The molecule has 0 radical (unpaired) electrons. The van der Waals surface area contributed by atoms with Gasteiger partial charge in [-0.25, -0.2) is 4.57 Å². The molecule has 0 aromatic rings. The Bertz CT molecular complexity index is 849. The number of aliphatic hydroxyl groups is 1. The first-order valence-electron chi connectivity index (χ1n) is 24.7. The van der Waals surface area contributed by atoms with Crippen LogP contribution in [0, 0.1) is 0 Å². The lowest BCUT2D eigenvalue weighted by atomic mass is 10.0. The second kappa shape index (κ2) is 44.1. The average molecular weight is 817 g/mol. The molecule has 5 N–H and O–H groups in total. The number of phosphoric acid groups is 1. The van der Waals surface area contributed by atoms with Crippen molar-refractivity contribution in [3.8, 4) is 0 Å². The average Bonchev–Trinajstić information content (AvgIpc) is 3.19. The van der Waals surface area contributed by atoms with Crippen LogP contribution in [0.3, 0.4) is 0 Å². The number of aliphatic hydroxyl groups excluding tert-OH is 1. The zero-order chi connectivity index (χ0) is 41.1. The normalized spacial score (nSPS) is 13.9. The molecule has 0 saturated heterocycles. The predicted molar refractivity (Wildman–Crippen MR) is 240 cm³/mol. The van der Waals surface area contributed by atoms with Gasteiger partial charge >= 0.3 is 7.82 Å². The van der Waals surface area contributed by atoms with Gasteiger partial charge in [0.15, 0.2) is 0 Å². The van der Waals surface area contributed by atoms with Crippen LogP contribution < -0.4 is 11.1 Å². The number of phosphoric ester groups is 1. The van der Waals surface area contributed by atoms with E-state index in [-0.39, 0.29) is 25.7 Å². The van der Waals surface area contributed by atoms with Gasteiger partial charge in [-0.05, 0) is 12.8 Å². The minimum atomic E-state index is -4.31. The summed E-state index contributed by atoms with van der Waals surface area (Å²) < 4.78 is 22.3. The van der Waals surface area contributed by atoms with Crippen LogP contribution >= 0.6 is 7.82 Å². The minimum absolute atomic E-state index is 0.0928. The summed E-state index contributed by atoms with van der Waals surface area (Å²) in [4.78, 5) is 22.8. The van der Waals surface area contributed by atoms with E-state index in [0.717, 1.165) is 38.5 Å². The highest BCUT2D eigenvalue weighted by atomic mass is 31.2. The summed E-state index contributed by atoms with van der Waals surface area (Å²) in [5, 5.41) is 13.9. The standard InChI is InChI=1S/C47H97N2O6P/c1-3-5-7-9-11-13-15-17-19-21-22-23-25-26-28-30-32-34-36-38-40-46(50)45(44-55-56(52,53)54-43-42-48)49-47(51)41-39-37-35-33-31-29-27-24-20-18-16-14-12-10-8-6-4-2/h45-46,50H,3-44,48H2,1-2H3,(H,49,51)(H,52,53). The maximum absolute atomic E-state index is 12.8. The van der Waals surface area contributed by atoms with Gasteiger partial charge < -0.3 is 21.1 Å². The first-order valence-corrected chi connectivity index (χ1v) is 26.1. The summed E-state index contributed by atoms with van der Waals surface area (Å²) in [6, 6.07) is -0.768. The van der Waals surface area contributed by atoms with Crippen LogP contribution in [0.4, 0.5) is 0 Å². The summed E-state index contributed by atoms with van der Waals surface area (Å²) in [6.07, 6.45) is 48.3. The Morgan fingerprint density at radius 3 is 1.14 bits per heavy atom. The van der Waals surface area contributed by atoms with Crippen molar-refractivity contribution in [3.63, 3.8) is 0 Å². The largest absolute Gasteiger partial charge is 0.472 e. The summed E-state index contributed by atoms with van der Waals surface area (Å²) in [6.45, 7) is 4.26. The Hall–Kier alpha value is -0.500. The van der Waals surface area contributed by atoms with Gasteiger partial charge in [0.25, 0.3) is 0 Å². The Balaban J connectivity index is 4.03. The van der Waals surface area contributed by atoms with Crippen LogP contribution in [-0.2, 0) is 18.4 Å². The highest BCUT2D eigenvalue weighted by Gasteiger charge is 2.27. The van der Waals surface area contributed by atoms with Crippen molar-refractivity contribution in [1.29, 1.82) is 0 Å². The van der Waals surface area contributed by atoms with E-state index in [0.29, 0.717) is 12.8 Å². The Kier molecular flexibility index (Phi) is 43.7. The molecule has 0 aliphatic heterocycles. The summed E-state index contributed by atoms with van der Waals surface area (Å²) in [7, 11) is -4.31. The SMILES string of the molecule is CCCCCCCCCCCCCCCCCCCCCCC(O)C(COP(=O)(O)OCCN)NC(=O)CCCCCCCCCCCCCCCCCCC. The quantitative estimate of drug-likeness (QED) is 0.0355. The number of nitrogens with one attached hydrogen (secondary N) is 1. The molecule has 1 amide bonds. The summed E-state index contributed by atoms with van der Waals surface area (Å²) in [5.41, 5.74) is 5.40. The third kappa shape index (κ3) is 41.7. The van der Waals surface area contributed by atoms with Crippen LogP contribution in [0.25, 0.3) is 0 Å². The Labute approximate surface area is 348 Å². The van der Waals surface area contributed by atoms with E-state index in [1.54, 1.807) is 0 Å². The van der Waals surface area contributed by atoms with Crippen LogP contribution in [-0.4, -0.2) is 47.8 Å². The first kappa shape index (κ1) is 55.5. The lowest BCUT2D eigenvalue weighted by Crippen LogP contribution is -2.46. The molecule has 0 aromatic carbocycles. The lowest BCUT2D eigenvalue weighted by Gasteiger charge is -2.25. The third-order valence-electron chi connectivity index (χ3n) is 11.5. The van der Waals surface area contributed by atoms with Gasteiger partial charge in [0.05, 0.1) is 25.4 Å². The molecule has 9 heteroatoms. The predicted octanol–water partition coefficient (Wildman–Crippen LogP) is 14.2. The fourth-order valence-corrected chi connectivity index (χ4v) is 8.49. The van der Waals surface area contributed by atoms with Crippen molar-refractivity contribution in [1.82, 2.24) is 5.32 Å². The maximum atomic E-state index is 12.8. The molecule has 3 atom stereocenters. The number of nitrogens with two attached hydrogens (primary N) is 1. The van der Waals surface area contributed by atoms with E-state index in [2.05, 4.69) is 19.2 Å². The molecule has 336 valence electrons. The second-order valence-corrected chi connectivity index (χ2v) is 18.5. The van der Waals surface area contributed by atoms with E-state index in [1.807, 2.05) is 0 Å². The van der Waals surface area contributed by atoms with Gasteiger partial charge in [0, 0.05) is 13.0 Å². The van der Waals surface area contributed by atoms with E-state index in [9.17, 15) is 19.4 Å². The van der Waals surface area contributed by atoms with Crippen LogP contribution in [0.2, 0.25) is 0 Å². The zero-order valence-corrected chi connectivity index (χ0v) is 38.3. The van der Waals surface area contributed by atoms with Crippen LogP contribution in [0.15, 0.2) is 0 Å². The number of hydrogen-bond donors (Lipinski definition) is 4. The molecule has 0 aliphatic rings. The van der Waals surface area contributed by atoms with Crippen LogP contribution in [0.5, 0.6) is 0 Å². The maximum Gasteiger partial charge on any atom is 0.472 e. The molecule has 0 saturated carbocycles. The molecule has 56 heavy (non-hydrogen) atoms. The molecule has 0 spiro atoms. The number of rotatable bonds is 47. The minimum Gasteiger partial charge on any atom is -0.391 e. The highest BCUT2D eigenvalue weighted by Crippen LogP contribution is 2.43. The van der Waals surface area contributed by atoms with Gasteiger partial charge in [0.2, 0.25) is 5.91 Å². The Morgan fingerprint density at radius 2 is 0.821 bits per heavy atom. The van der Waals surface area contributed by atoms with E-state index in [1.165, 1.54) is 199 Å². The van der Waals surface area contributed by atoms with Crippen LogP contribution in [0.1, 0.15) is 264 Å². The second-order valence-electron chi connectivity index (χ2n) is 17.0. The summed E-state index contributed by atoms with van der Waals surface area (Å²) in [5.74, 6) is -0.155. The molecule has 0 fully saturated rings. The zero-order valence-electron chi connectivity index (χ0n) is 37.4. The molecule has 0 bridgehead atoms. The molecular formula is C47H97N2O6P. The monoisotopic (exact) mass is 817 g/mol. The van der Waals surface area contributed by atoms with Crippen molar-refractivity contribution >= 4 is 13.7 Å². The van der Waals surface area contributed by atoms with Crippen molar-refractivity contribution < 1.29 is 28.4 Å². The van der Waals surface area contributed by atoms with E-state index < -0.39 is 20.0 Å². The molecule has 8 nitrogen and oxygen atoms in total. The molecule has 0 aromatic heterocycles. The molecule has 0 heterocycles. The number of carbonyl (C=O) groups is 1. The van der Waals surface area contributed by atoms with Crippen molar-refractivity contribution in [2.24, 2.45) is 5.73 Å². The van der Waals surface area contributed by atoms with Gasteiger partial charge in [-0.15, -0.1) is 0 Å². The Morgan fingerprint density at radius 1 is 0.518 bits per heavy atom. The number of amides is 1. The number of hydrogen-bond acceptors (Lipinski definition) is 6. The molecule has 3 unspecified atom stereocenters. The topological polar surface area (TPSA) is 131 Å². The van der Waals surface area contributed by atoms with Crippen molar-refractivity contribution in [2.45, 2.75) is 276 Å². The fourth-order valence-electron chi connectivity index (χ4n) is 7.73. The van der Waals surface area contributed by atoms with E-state index in [4.69, 9.17) is 14.8 Å². The highest BCUT2D eigenvalue weighted by molar-refractivity contribution is 7.47. The molecule has 0 rings (SSSR count). The van der Waals surface area contributed by atoms with E-state index >= 15 is 0 Å². The number of unbranched alkanes of at least 4 members (excludes halogenated alkanes) is 35. The first-order chi connectivity index (χ1) is 27.4. The smallest absolute Gasteiger partial charge is 0.391 e. The van der Waals surface area contributed by atoms with Crippen molar-refractivity contribution in [3.05, 3.63) is 0 Å². The molecule has 0 aliphatic carbocycles. The van der Waals surface area contributed by atoms with Gasteiger partial charge in [-0.2, -0.15) is 0 Å². The fraction of sp³-hybridized carbons (Fsp3) is 0.979. The molecular weight excluding hydrogens is 719 g/mol. The van der Waals surface area contributed by atoms with Crippen molar-refractivity contribution in [2.75, 3.05) is 19.8 Å². The summed E-state index contributed by atoms with van der Waals surface area (Å²) >= 11 is 0. The third-order valence-corrected chi connectivity index (χ3v) is 12.4.